The van der Waals surface area contributed by atoms with Gasteiger partial charge in [0, 0.05) is 45.0 Å². The van der Waals surface area contributed by atoms with Crippen molar-refractivity contribution in [2.24, 2.45) is 0 Å². The predicted octanol–water partition coefficient (Wildman–Crippen LogP) is 22.2. The minimum Gasteiger partial charge on any atom is -0.310 e. The molecule has 0 aromatic heterocycles. The molecule has 0 spiro atoms. The van der Waals surface area contributed by atoms with E-state index in [0.717, 1.165) is 34.1 Å². The summed E-state index contributed by atoms with van der Waals surface area (Å²) >= 11 is 0. The fraction of sp³-hybridized carbons (Fsp3) is 0.0750. The molecule has 2 aliphatic carbocycles. The molecule has 0 bridgehead atoms. The number of fused-ring (bicyclic) bond motifs is 10. The largest absolute Gasteiger partial charge is 0.310 e. The predicted molar refractivity (Wildman–Crippen MR) is 352 cm³/mol. The van der Waals surface area contributed by atoms with Crippen molar-refractivity contribution < 1.29 is 0 Å². The second-order valence-corrected chi connectivity index (χ2v) is 23.5. The molecule has 13 aromatic rings. The van der Waals surface area contributed by atoms with E-state index in [2.05, 4.69) is 329 Å². The highest BCUT2D eigenvalue weighted by Crippen LogP contribution is 2.56. The van der Waals surface area contributed by atoms with Crippen LogP contribution < -0.4 is 9.80 Å². The number of benzene rings is 13. The van der Waals surface area contributed by atoms with E-state index in [9.17, 15) is 0 Å². The summed E-state index contributed by atoms with van der Waals surface area (Å²) in [7, 11) is 0. The van der Waals surface area contributed by atoms with Crippen LogP contribution in [-0.4, -0.2) is 0 Å². The third-order valence-corrected chi connectivity index (χ3v) is 17.7. The minimum atomic E-state index is -0.153. The summed E-state index contributed by atoms with van der Waals surface area (Å²) in [5.74, 6) is 0. The molecule has 390 valence electrons. The molecule has 0 heterocycles. The first kappa shape index (κ1) is 49.1. The Morgan fingerprint density at radius 3 is 0.890 bits per heavy atom. The number of rotatable bonds is 10. The highest BCUT2D eigenvalue weighted by molar-refractivity contribution is 5.97. The van der Waals surface area contributed by atoms with Crippen molar-refractivity contribution in [2.75, 3.05) is 9.80 Å². The van der Waals surface area contributed by atoms with Crippen LogP contribution in [0.5, 0.6) is 0 Å². The van der Waals surface area contributed by atoms with Gasteiger partial charge in [-0.1, -0.05) is 222 Å². The van der Waals surface area contributed by atoms with E-state index in [-0.39, 0.29) is 10.8 Å². The van der Waals surface area contributed by atoms with Gasteiger partial charge in [-0.3, -0.25) is 0 Å². The maximum absolute atomic E-state index is 2.52. The summed E-state index contributed by atoms with van der Waals surface area (Å²) in [6.45, 7) is 9.61. The zero-order valence-corrected chi connectivity index (χ0v) is 46.6. The van der Waals surface area contributed by atoms with Crippen LogP contribution in [-0.2, 0) is 10.8 Å². The molecule has 15 rings (SSSR count). The Labute approximate surface area is 480 Å². The summed E-state index contributed by atoms with van der Waals surface area (Å²) in [4.78, 5) is 4.70. The molecule has 0 amide bonds. The number of para-hydroxylation sites is 2. The van der Waals surface area contributed by atoms with Crippen LogP contribution in [0.4, 0.5) is 34.1 Å². The fourth-order valence-electron chi connectivity index (χ4n) is 13.3. The van der Waals surface area contributed by atoms with Gasteiger partial charge in [-0.15, -0.1) is 0 Å². The lowest BCUT2D eigenvalue weighted by atomic mass is 9.79. The van der Waals surface area contributed by atoms with E-state index in [0.29, 0.717) is 0 Å². The lowest BCUT2D eigenvalue weighted by Crippen LogP contribution is -2.17. The number of hydrogen-bond acceptors (Lipinski definition) is 2. The van der Waals surface area contributed by atoms with Gasteiger partial charge in [0.15, 0.2) is 0 Å². The normalized spacial score (nSPS) is 13.7. The lowest BCUT2D eigenvalue weighted by molar-refractivity contribution is 0.652. The average Bonchev–Trinajstić information content (AvgIpc) is 2.29. The first-order valence-corrected chi connectivity index (χ1v) is 28.7. The number of anilines is 6. The van der Waals surface area contributed by atoms with E-state index >= 15 is 0 Å². The maximum atomic E-state index is 2.52. The average molecular weight is 1050 g/mol. The van der Waals surface area contributed by atoms with E-state index in [1.54, 1.807) is 0 Å². The molecule has 0 radical (unpaired) electrons. The molecule has 0 saturated carbocycles. The third-order valence-electron chi connectivity index (χ3n) is 17.7. The molecule has 0 N–H and O–H groups in total. The zero-order valence-electron chi connectivity index (χ0n) is 46.6. The molecule has 0 atom stereocenters. The Balaban J connectivity index is 0.666. The Hall–Kier alpha value is -10.0. The van der Waals surface area contributed by atoms with Crippen LogP contribution in [0.1, 0.15) is 72.2 Å². The molecule has 2 nitrogen and oxygen atoms in total. The molecular formula is C80H60N2. The SMILES string of the molecule is CC1(C)c2cc(/C=C/c3ccc4cc(N(c5ccccc5)c5ccc6ccccc6c5)ccc4c3)ccc2-c2cc3c(cc21)-c1ccc(/C=C/c2ccc4cc(N(c5ccccc5)c5ccc6ccccc6c5)ccc4c2)cc1C3(C)C. The van der Waals surface area contributed by atoms with Crippen molar-refractivity contribution in [1.82, 2.24) is 0 Å². The van der Waals surface area contributed by atoms with Crippen LogP contribution in [0, 0.1) is 0 Å². The van der Waals surface area contributed by atoms with Crippen molar-refractivity contribution in [3.8, 4) is 22.3 Å². The zero-order chi connectivity index (χ0) is 55.1. The molecule has 2 aliphatic rings. The summed E-state index contributed by atoms with van der Waals surface area (Å²) in [6.07, 6.45) is 9.08. The van der Waals surface area contributed by atoms with E-state index < -0.39 is 0 Å². The van der Waals surface area contributed by atoms with E-state index in [4.69, 9.17) is 0 Å². The fourth-order valence-corrected chi connectivity index (χ4v) is 13.3. The van der Waals surface area contributed by atoms with Gasteiger partial charge in [-0.05, 0) is 207 Å². The molecule has 2 heteroatoms. The van der Waals surface area contributed by atoms with Crippen LogP contribution in [0.15, 0.2) is 267 Å². The summed E-state index contributed by atoms with van der Waals surface area (Å²) in [5, 5.41) is 9.79. The van der Waals surface area contributed by atoms with E-state index in [1.165, 1.54) is 110 Å². The molecule has 0 saturated heterocycles. The topological polar surface area (TPSA) is 6.48 Å². The Morgan fingerprint density at radius 2 is 0.500 bits per heavy atom. The molecule has 0 aliphatic heterocycles. The van der Waals surface area contributed by atoms with Gasteiger partial charge in [0.05, 0.1) is 0 Å². The van der Waals surface area contributed by atoms with E-state index in [1.807, 2.05) is 0 Å². The highest BCUT2D eigenvalue weighted by Gasteiger charge is 2.41. The Bertz CT molecular complexity index is 4450. The quantitative estimate of drug-likeness (QED) is 0.126. The Kier molecular flexibility index (Phi) is 11.6. The summed E-state index contributed by atoms with van der Waals surface area (Å²) in [5.41, 5.74) is 22.3. The van der Waals surface area contributed by atoms with Crippen molar-refractivity contribution in [2.45, 2.75) is 38.5 Å². The van der Waals surface area contributed by atoms with Crippen molar-refractivity contribution in [3.63, 3.8) is 0 Å². The maximum Gasteiger partial charge on any atom is 0.0468 e. The first-order valence-electron chi connectivity index (χ1n) is 28.7. The van der Waals surface area contributed by atoms with Gasteiger partial charge in [-0.25, -0.2) is 0 Å². The van der Waals surface area contributed by atoms with Gasteiger partial charge in [0.2, 0.25) is 0 Å². The summed E-state index contributed by atoms with van der Waals surface area (Å²) in [6, 6.07) is 98.4. The second-order valence-electron chi connectivity index (χ2n) is 23.5. The second kappa shape index (κ2) is 19.4. The molecule has 0 fully saturated rings. The lowest BCUT2D eigenvalue weighted by Gasteiger charge is -2.26. The van der Waals surface area contributed by atoms with Gasteiger partial charge in [0.1, 0.15) is 0 Å². The van der Waals surface area contributed by atoms with Crippen LogP contribution in [0.3, 0.4) is 0 Å². The van der Waals surface area contributed by atoms with Crippen LogP contribution in [0.2, 0.25) is 0 Å². The first-order chi connectivity index (χ1) is 40.1. The van der Waals surface area contributed by atoms with Gasteiger partial charge in [-0.2, -0.15) is 0 Å². The number of hydrogen-bond donors (Lipinski definition) is 0. The van der Waals surface area contributed by atoms with Crippen molar-refractivity contribution >= 4 is 102 Å². The molecule has 0 unspecified atom stereocenters. The Morgan fingerprint density at radius 1 is 0.220 bits per heavy atom. The highest BCUT2D eigenvalue weighted by atomic mass is 15.1. The third kappa shape index (κ3) is 8.50. The standard InChI is InChI=1S/C80H60N2/c1-79(2)75-45-55(25-23-53-27-31-63-49-69(39-35-61(63)43-53)81(65-19-7-5-8-20-65)67-37-33-57-15-11-13-17-59(57)47-67)29-41-71(75)73-52-78-74(51-77(73)79)72-42-30-56(46-76(72)80(78,3)4)26-24-54-28-32-64-50-70(40-36-62(64)44-54)82(66-21-9-6-10-22-66)68-38-34-58-16-12-14-18-60(58)48-68/h5-52H,1-4H3/b25-23+,26-24+. The smallest absolute Gasteiger partial charge is 0.0468 e. The molecule has 13 aromatic carbocycles. The van der Waals surface area contributed by atoms with Crippen molar-refractivity contribution in [3.05, 3.63) is 311 Å². The molecular weight excluding hydrogens is 989 g/mol. The van der Waals surface area contributed by atoms with Crippen LogP contribution in [0.25, 0.3) is 89.6 Å². The van der Waals surface area contributed by atoms with Gasteiger partial charge in [0.25, 0.3) is 0 Å². The number of nitrogens with zero attached hydrogens (tertiary/aromatic N) is 2. The van der Waals surface area contributed by atoms with Gasteiger partial charge >= 0.3 is 0 Å². The minimum absolute atomic E-state index is 0.153. The van der Waals surface area contributed by atoms with Crippen LogP contribution >= 0.6 is 0 Å². The molecule has 82 heavy (non-hydrogen) atoms. The van der Waals surface area contributed by atoms with Crippen molar-refractivity contribution in [1.29, 1.82) is 0 Å². The monoisotopic (exact) mass is 1050 g/mol. The van der Waals surface area contributed by atoms with Gasteiger partial charge < -0.3 is 9.80 Å². The summed E-state index contributed by atoms with van der Waals surface area (Å²) < 4.78 is 0.